The molecule has 0 aliphatic carbocycles. The quantitative estimate of drug-likeness (QED) is 0.504. The van der Waals surface area contributed by atoms with E-state index in [0.717, 1.165) is 0 Å². The van der Waals surface area contributed by atoms with Crippen LogP contribution in [0.25, 0.3) is 0 Å². The molecule has 3 aromatic carbocycles. The van der Waals surface area contributed by atoms with Crippen molar-refractivity contribution in [1.29, 1.82) is 0 Å². The van der Waals surface area contributed by atoms with E-state index in [1.54, 1.807) is 30.3 Å². The van der Waals surface area contributed by atoms with E-state index in [1.165, 1.54) is 36.7 Å². The Morgan fingerprint density at radius 1 is 0.886 bits per heavy atom. The maximum Gasteiger partial charge on any atom is 0.259 e. The van der Waals surface area contributed by atoms with Gasteiger partial charge in [0.25, 0.3) is 5.91 Å². The average molecular weight is 499 g/mol. The standard InChI is InChI=1S/C25H26N2O7S/c1-31-19-8-10-23(32-2)21(16-19)25(28)26-22-17-20(35(29,30)27-12-14-33-15-13-27)9-11-24(22)34-18-6-4-3-5-7-18/h3-11,16-17H,12-15H2,1-2H3,(H,26,28). The van der Waals surface area contributed by atoms with Crippen molar-refractivity contribution in [3.63, 3.8) is 0 Å². The first-order chi connectivity index (χ1) is 16.9. The van der Waals surface area contributed by atoms with E-state index in [2.05, 4.69) is 5.32 Å². The van der Waals surface area contributed by atoms with Gasteiger partial charge in [0.2, 0.25) is 10.0 Å². The molecule has 1 heterocycles. The number of nitrogens with one attached hydrogen (secondary N) is 1. The van der Waals surface area contributed by atoms with Crippen molar-refractivity contribution in [3.05, 3.63) is 72.3 Å². The summed E-state index contributed by atoms with van der Waals surface area (Å²) in [6.45, 7) is 1.17. The molecule has 0 radical (unpaired) electrons. The van der Waals surface area contributed by atoms with Gasteiger partial charge in [-0.1, -0.05) is 18.2 Å². The average Bonchev–Trinajstić information content (AvgIpc) is 2.90. The van der Waals surface area contributed by atoms with Crippen LogP contribution in [0.5, 0.6) is 23.0 Å². The van der Waals surface area contributed by atoms with E-state index < -0.39 is 15.9 Å². The number of carbonyl (C=O) groups excluding carboxylic acids is 1. The lowest BCUT2D eigenvalue weighted by molar-refractivity contribution is 0.0730. The second kappa shape index (κ2) is 10.8. The van der Waals surface area contributed by atoms with Crippen LogP contribution in [0.4, 0.5) is 5.69 Å². The van der Waals surface area contributed by atoms with Crippen LogP contribution >= 0.6 is 0 Å². The molecule has 1 aliphatic rings. The van der Waals surface area contributed by atoms with Gasteiger partial charge >= 0.3 is 0 Å². The van der Waals surface area contributed by atoms with E-state index in [0.29, 0.717) is 30.5 Å². The number of ether oxygens (including phenoxy) is 4. The Kier molecular flexibility index (Phi) is 7.54. The molecule has 0 bridgehead atoms. The van der Waals surface area contributed by atoms with Crippen molar-refractivity contribution in [2.45, 2.75) is 4.90 Å². The van der Waals surface area contributed by atoms with Crippen molar-refractivity contribution in [2.75, 3.05) is 45.8 Å². The molecule has 3 aromatic rings. The van der Waals surface area contributed by atoms with Crippen LogP contribution in [0.1, 0.15) is 10.4 Å². The number of nitrogens with zero attached hydrogens (tertiary/aromatic N) is 1. The normalized spacial score (nSPS) is 14.2. The molecule has 1 N–H and O–H groups in total. The number of morpholine rings is 1. The fourth-order valence-corrected chi connectivity index (χ4v) is 5.02. The maximum absolute atomic E-state index is 13.3. The zero-order valence-corrected chi connectivity index (χ0v) is 20.2. The van der Waals surface area contributed by atoms with E-state index >= 15 is 0 Å². The van der Waals surface area contributed by atoms with E-state index in [9.17, 15) is 13.2 Å². The Morgan fingerprint density at radius 3 is 2.29 bits per heavy atom. The van der Waals surface area contributed by atoms with Gasteiger partial charge in [-0.25, -0.2) is 8.42 Å². The van der Waals surface area contributed by atoms with Crippen LogP contribution in [0.15, 0.2) is 71.6 Å². The van der Waals surface area contributed by atoms with Crippen LogP contribution in [0, 0.1) is 0 Å². The van der Waals surface area contributed by atoms with Crippen LogP contribution in [0.2, 0.25) is 0 Å². The van der Waals surface area contributed by atoms with Crippen LogP contribution in [-0.4, -0.2) is 59.2 Å². The largest absolute Gasteiger partial charge is 0.497 e. The van der Waals surface area contributed by atoms with Crippen molar-refractivity contribution >= 4 is 21.6 Å². The first kappa shape index (κ1) is 24.5. The third-order valence-corrected chi connectivity index (χ3v) is 7.32. The number of para-hydroxylation sites is 1. The summed E-state index contributed by atoms with van der Waals surface area (Å²) in [7, 11) is -0.845. The number of anilines is 1. The molecule has 1 fully saturated rings. The molecule has 184 valence electrons. The Hall–Kier alpha value is -3.60. The summed E-state index contributed by atoms with van der Waals surface area (Å²) in [5.74, 6) is 1.11. The number of hydrogen-bond acceptors (Lipinski definition) is 7. The molecule has 0 aromatic heterocycles. The maximum atomic E-state index is 13.3. The smallest absolute Gasteiger partial charge is 0.259 e. The SMILES string of the molecule is COc1ccc(OC)c(C(=O)Nc2cc(S(=O)(=O)N3CCOCC3)ccc2Oc2ccccc2)c1. The monoisotopic (exact) mass is 498 g/mol. The highest BCUT2D eigenvalue weighted by Gasteiger charge is 2.28. The highest BCUT2D eigenvalue weighted by molar-refractivity contribution is 7.89. The first-order valence-corrected chi connectivity index (χ1v) is 12.3. The third kappa shape index (κ3) is 5.56. The lowest BCUT2D eigenvalue weighted by atomic mass is 10.1. The molecule has 0 unspecified atom stereocenters. The number of amides is 1. The molecular formula is C25H26N2O7S. The van der Waals surface area contributed by atoms with Crippen molar-refractivity contribution in [3.8, 4) is 23.0 Å². The fraction of sp³-hybridized carbons (Fsp3) is 0.240. The second-order valence-electron chi connectivity index (χ2n) is 7.61. The minimum Gasteiger partial charge on any atom is -0.497 e. The minimum atomic E-state index is -3.80. The molecule has 4 rings (SSSR count). The van der Waals surface area contributed by atoms with Gasteiger partial charge in [-0.05, 0) is 48.5 Å². The topological polar surface area (TPSA) is 103 Å². The number of hydrogen-bond donors (Lipinski definition) is 1. The molecule has 0 spiro atoms. The summed E-state index contributed by atoms with van der Waals surface area (Å²) in [5, 5.41) is 2.78. The van der Waals surface area contributed by atoms with Crippen molar-refractivity contribution in [2.24, 2.45) is 0 Å². The van der Waals surface area contributed by atoms with Crippen molar-refractivity contribution < 1.29 is 32.2 Å². The van der Waals surface area contributed by atoms with Crippen LogP contribution < -0.4 is 19.5 Å². The lowest BCUT2D eigenvalue weighted by Crippen LogP contribution is -2.40. The van der Waals surface area contributed by atoms with Gasteiger partial charge in [0, 0.05) is 13.1 Å². The second-order valence-corrected chi connectivity index (χ2v) is 9.55. The first-order valence-electron chi connectivity index (χ1n) is 10.9. The highest BCUT2D eigenvalue weighted by atomic mass is 32.2. The van der Waals surface area contributed by atoms with E-state index in [4.69, 9.17) is 18.9 Å². The molecule has 9 nitrogen and oxygen atoms in total. The zero-order valence-electron chi connectivity index (χ0n) is 19.4. The van der Waals surface area contributed by atoms with Crippen LogP contribution in [-0.2, 0) is 14.8 Å². The van der Waals surface area contributed by atoms with E-state index in [-0.39, 0.29) is 35.0 Å². The number of methoxy groups -OCH3 is 2. The van der Waals surface area contributed by atoms with Crippen LogP contribution in [0.3, 0.4) is 0 Å². The van der Waals surface area contributed by atoms with Gasteiger partial charge in [-0.2, -0.15) is 4.31 Å². The van der Waals surface area contributed by atoms with Gasteiger partial charge in [0.05, 0.1) is 43.6 Å². The Labute approximate surface area is 204 Å². The number of rotatable bonds is 8. The number of benzene rings is 3. The number of carbonyl (C=O) groups is 1. The fourth-order valence-electron chi connectivity index (χ4n) is 3.59. The molecule has 1 amide bonds. The van der Waals surface area contributed by atoms with Gasteiger partial charge < -0.3 is 24.3 Å². The highest BCUT2D eigenvalue weighted by Crippen LogP contribution is 2.34. The van der Waals surface area contributed by atoms with Gasteiger partial charge in [-0.3, -0.25) is 4.79 Å². The summed E-state index contributed by atoms with van der Waals surface area (Å²) in [6, 6.07) is 18.2. The zero-order chi connectivity index (χ0) is 24.8. The molecule has 10 heteroatoms. The summed E-state index contributed by atoms with van der Waals surface area (Å²) < 4.78 is 49.6. The molecule has 35 heavy (non-hydrogen) atoms. The molecule has 0 saturated carbocycles. The Bertz CT molecular complexity index is 1290. The minimum absolute atomic E-state index is 0.0349. The summed E-state index contributed by atoms with van der Waals surface area (Å²) in [4.78, 5) is 13.3. The Morgan fingerprint density at radius 2 is 1.60 bits per heavy atom. The van der Waals surface area contributed by atoms with Gasteiger partial charge in [-0.15, -0.1) is 0 Å². The van der Waals surface area contributed by atoms with Gasteiger partial charge in [0.1, 0.15) is 17.2 Å². The summed E-state index contributed by atoms with van der Waals surface area (Å²) >= 11 is 0. The predicted molar refractivity (Wildman–Crippen MR) is 130 cm³/mol. The van der Waals surface area contributed by atoms with Crippen molar-refractivity contribution in [1.82, 2.24) is 4.31 Å². The van der Waals surface area contributed by atoms with E-state index in [1.807, 2.05) is 18.2 Å². The summed E-state index contributed by atoms with van der Waals surface area (Å²) in [5.41, 5.74) is 0.414. The molecule has 0 atom stereocenters. The predicted octanol–water partition coefficient (Wildman–Crippen LogP) is 3.77. The number of sulfonamides is 1. The molecular weight excluding hydrogens is 472 g/mol. The van der Waals surface area contributed by atoms with Gasteiger partial charge in [0.15, 0.2) is 5.75 Å². The third-order valence-electron chi connectivity index (χ3n) is 5.43. The molecule has 1 aliphatic heterocycles. The Balaban J connectivity index is 1.72. The molecule has 1 saturated heterocycles. The summed E-state index contributed by atoms with van der Waals surface area (Å²) in [6.07, 6.45) is 0. The lowest BCUT2D eigenvalue weighted by Gasteiger charge is -2.26.